The number of aliphatic hydroxyl groups excluding tert-OH is 4. The molecule has 0 aromatic rings. The molecule has 0 heterocycles. The van der Waals surface area contributed by atoms with Gasteiger partial charge in [0.1, 0.15) is 12.2 Å². The molecule has 6 nitrogen and oxygen atoms in total. The van der Waals surface area contributed by atoms with E-state index < -0.39 is 36.9 Å². The number of unbranched alkanes of at least 4 members (excludes halogenated alkanes) is 20. The number of hydrogen-bond donors (Lipinski definition) is 5. The lowest BCUT2D eigenvalue weighted by atomic mass is 10.00. The Hall–Kier alpha value is -0.950. The molecule has 0 saturated heterocycles. The lowest BCUT2D eigenvalue weighted by Crippen LogP contribution is -2.53. The molecule has 41 heavy (non-hydrogen) atoms. The van der Waals surface area contributed by atoms with Crippen LogP contribution in [0.1, 0.15) is 174 Å². The molecule has 4 atom stereocenters. The Labute approximate surface area is 253 Å². The first-order valence-electron chi connectivity index (χ1n) is 17.6. The second-order valence-electron chi connectivity index (χ2n) is 12.2. The van der Waals surface area contributed by atoms with Gasteiger partial charge in [0.25, 0.3) is 0 Å². The molecule has 0 rings (SSSR count). The topological polar surface area (TPSA) is 110 Å². The smallest absolute Gasteiger partial charge is 0.249 e. The zero-order valence-electron chi connectivity index (χ0n) is 27.0. The molecule has 0 aliphatic carbocycles. The van der Waals surface area contributed by atoms with E-state index in [9.17, 15) is 25.2 Å². The van der Waals surface area contributed by atoms with Crippen molar-refractivity contribution in [2.45, 2.75) is 199 Å². The van der Waals surface area contributed by atoms with E-state index in [4.69, 9.17) is 0 Å². The third-order valence-electron chi connectivity index (χ3n) is 8.23. The predicted molar refractivity (Wildman–Crippen MR) is 173 cm³/mol. The highest BCUT2D eigenvalue weighted by Gasteiger charge is 2.28. The van der Waals surface area contributed by atoms with Crippen molar-refractivity contribution in [2.75, 3.05) is 6.61 Å². The fourth-order valence-corrected chi connectivity index (χ4v) is 5.34. The lowest BCUT2D eigenvalue weighted by molar-refractivity contribution is -0.132. The van der Waals surface area contributed by atoms with E-state index >= 15 is 0 Å². The van der Waals surface area contributed by atoms with Crippen LogP contribution in [0.5, 0.6) is 0 Å². The predicted octanol–water partition coefficient (Wildman–Crippen LogP) is 7.89. The molecule has 0 aliphatic rings. The maximum Gasteiger partial charge on any atom is 0.249 e. The first-order chi connectivity index (χ1) is 20.0. The van der Waals surface area contributed by atoms with Crippen LogP contribution >= 0.6 is 0 Å². The monoisotopic (exact) mass is 584 g/mol. The molecule has 0 bridgehead atoms. The molecule has 0 fully saturated rings. The Morgan fingerprint density at radius 3 is 1.46 bits per heavy atom. The Balaban J connectivity index is 3.89. The van der Waals surface area contributed by atoms with Gasteiger partial charge in [-0.15, -0.1) is 0 Å². The molecule has 0 aromatic heterocycles. The van der Waals surface area contributed by atoms with E-state index in [0.29, 0.717) is 12.8 Å². The van der Waals surface area contributed by atoms with Crippen molar-refractivity contribution in [3.05, 3.63) is 12.2 Å². The van der Waals surface area contributed by atoms with Crippen LogP contribution in [-0.4, -0.2) is 57.3 Å². The summed E-state index contributed by atoms with van der Waals surface area (Å²) in [5.41, 5.74) is 0. The third-order valence-corrected chi connectivity index (χ3v) is 8.23. The number of carbonyl (C=O) groups is 1. The summed E-state index contributed by atoms with van der Waals surface area (Å²) in [6, 6.07) is -0.994. The molecule has 5 N–H and O–H groups in total. The highest BCUT2D eigenvalue weighted by Crippen LogP contribution is 2.14. The van der Waals surface area contributed by atoms with Crippen molar-refractivity contribution in [1.29, 1.82) is 0 Å². The molecule has 0 aromatic carbocycles. The Morgan fingerprint density at radius 2 is 1.00 bits per heavy atom. The van der Waals surface area contributed by atoms with E-state index in [1.165, 1.54) is 109 Å². The van der Waals surface area contributed by atoms with Crippen molar-refractivity contribution < 1.29 is 25.2 Å². The largest absolute Gasteiger partial charge is 0.394 e. The van der Waals surface area contributed by atoms with Crippen LogP contribution in [0.2, 0.25) is 0 Å². The van der Waals surface area contributed by atoms with E-state index in [1.54, 1.807) is 0 Å². The average molecular weight is 584 g/mol. The Bertz CT molecular complexity index is 585. The minimum atomic E-state index is -1.27. The van der Waals surface area contributed by atoms with Gasteiger partial charge in [-0.2, -0.15) is 0 Å². The van der Waals surface area contributed by atoms with E-state index in [0.717, 1.165) is 38.5 Å². The first kappa shape index (κ1) is 40.1. The number of rotatable bonds is 31. The SMILES string of the molecule is CCCCCCCCCC/C=C/CCCC(O)C(O)C(CO)NC(=O)C(O)CCCCCCCCCCCCCC. The van der Waals surface area contributed by atoms with Crippen molar-refractivity contribution in [1.82, 2.24) is 5.32 Å². The van der Waals surface area contributed by atoms with Crippen LogP contribution in [-0.2, 0) is 4.79 Å². The van der Waals surface area contributed by atoms with Gasteiger partial charge < -0.3 is 25.7 Å². The number of amides is 1. The molecule has 6 heteroatoms. The van der Waals surface area contributed by atoms with Crippen molar-refractivity contribution in [3.63, 3.8) is 0 Å². The zero-order valence-corrected chi connectivity index (χ0v) is 27.0. The Kier molecular flexibility index (Phi) is 29.8. The lowest BCUT2D eigenvalue weighted by Gasteiger charge is -2.27. The van der Waals surface area contributed by atoms with Crippen LogP contribution in [0.15, 0.2) is 12.2 Å². The summed E-state index contributed by atoms with van der Waals surface area (Å²) in [6.45, 7) is 4.00. The molecule has 244 valence electrons. The standard InChI is InChI=1S/C35H69NO5/c1-3-5-7-9-11-13-15-17-19-20-22-24-26-28-32(38)34(40)31(30-37)36-35(41)33(39)29-27-25-23-21-18-16-14-12-10-8-6-4-2/h20,22,31-34,37-40H,3-19,21,23-30H2,1-2H3,(H,36,41)/b22-20+. The van der Waals surface area contributed by atoms with Crippen LogP contribution in [0.4, 0.5) is 0 Å². The molecule has 0 aliphatic heterocycles. The molecular formula is C35H69NO5. The summed E-state index contributed by atoms with van der Waals surface area (Å²) in [5, 5.41) is 43.3. The summed E-state index contributed by atoms with van der Waals surface area (Å²) >= 11 is 0. The molecule has 4 unspecified atom stereocenters. The maximum atomic E-state index is 12.4. The molecule has 0 spiro atoms. The highest BCUT2D eigenvalue weighted by molar-refractivity contribution is 5.80. The van der Waals surface area contributed by atoms with Crippen LogP contribution in [0, 0.1) is 0 Å². The summed E-state index contributed by atoms with van der Waals surface area (Å²) < 4.78 is 0. The van der Waals surface area contributed by atoms with Gasteiger partial charge in [0.05, 0.1) is 18.8 Å². The Morgan fingerprint density at radius 1 is 0.585 bits per heavy atom. The summed E-state index contributed by atoms with van der Waals surface area (Å²) in [5.74, 6) is -0.595. The molecule has 0 radical (unpaired) electrons. The second-order valence-corrected chi connectivity index (χ2v) is 12.2. The normalized spacial score (nSPS) is 14.8. The molecule has 1 amide bonds. The quantitative estimate of drug-likeness (QED) is 0.0421. The number of nitrogens with one attached hydrogen (secondary N) is 1. The van der Waals surface area contributed by atoms with Crippen LogP contribution in [0.3, 0.4) is 0 Å². The number of hydrogen-bond acceptors (Lipinski definition) is 5. The third kappa shape index (κ3) is 25.3. The fourth-order valence-electron chi connectivity index (χ4n) is 5.34. The molecular weight excluding hydrogens is 514 g/mol. The van der Waals surface area contributed by atoms with Crippen molar-refractivity contribution in [3.8, 4) is 0 Å². The minimum absolute atomic E-state index is 0.366. The van der Waals surface area contributed by atoms with Crippen molar-refractivity contribution >= 4 is 5.91 Å². The van der Waals surface area contributed by atoms with Gasteiger partial charge in [0.2, 0.25) is 5.91 Å². The average Bonchev–Trinajstić information content (AvgIpc) is 2.98. The number of allylic oxidation sites excluding steroid dienone is 2. The van der Waals surface area contributed by atoms with Gasteiger partial charge in [-0.1, -0.05) is 148 Å². The van der Waals surface area contributed by atoms with E-state index in [-0.39, 0.29) is 0 Å². The minimum Gasteiger partial charge on any atom is -0.394 e. The fraction of sp³-hybridized carbons (Fsp3) is 0.914. The van der Waals surface area contributed by atoms with Gasteiger partial charge in [0.15, 0.2) is 0 Å². The maximum absolute atomic E-state index is 12.4. The van der Waals surface area contributed by atoms with Crippen molar-refractivity contribution in [2.24, 2.45) is 0 Å². The van der Waals surface area contributed by atoms with Crippen LogP contribution < -0.4 is 5.32 Å². The zero-order chi connectivity index (χ0) is 30.4. The second kappa shape index (κ2) is 30.5. The number of carbonyl (C=O) groups excluding carboxylic acids is 1. The van der Waals surface area contributed by atoms with Gasteiger partial charge in [-0.05, 0) is 38.5 Å². The summed E-state index contributed by atoms with van der Waals surface area (Å²) in [7, 11) is 0. The summed E-state index contributed by atoms with van der Waals surface area (Å²) in [6.07, 6.45) is 29.4. The highest BCUT2D eigenvalue weighted by atomic mass is 16.3. The van der Waals surface area contributed by atoms with Crippen LogP contribution in [0.25, 0.3) is 0 Å². The van der Waals surface area contributed by atoms with Gasteiger partial charge >= 0.3 is 0 Å². The molecule has 0 saturated carbocycles. The van der Waals surface area contributed by atoms with Gasteiger partial charge in [-0.3, -0.25) is 4.79 Å². The summed E-state index contributed by atoms with van der Waals surface area (Å²) in [4.78, 5) is 12.4. The number of aliphatic hydroxyl groups is 4. The van der Waals surface area contributed by atoms with Gasteiger partial charge in [0, 0.05) is 0 Å². The van der Waals surface area contributed by atoms with E-state index in [2.05, 4.69) is 31.3 Å². The van der Waals surface area contributed by atoms with E-state index in [1.807, 2.05) is 0 Å². The van der Waals surface area contributed by atoms with Gasteiger partial charge in [-0.25, -0.2) is 0 Å². The first-order valence-corrected chi connectivity index (χ1v) is 17.6.